The summed E-state index contributed by atoms with van der Waals surface area (Å²) in [7, 11) is 1.68. The predicted octanol–water partition coefficient (Wildman–Crippen LogP) is 3.62. The minimum absolute atomic E-state index is 0.110. The molecule has 1 N–H and O–H groups in total. The molecule has 0 unspecified atom stereocenters. The maximum atomic E-state index is 12.5. The summed E-state index contributed by atoms with van der Waals surface area (Å²) in [4.78, 5) is 29.5. The Morgan fingerprint density at radius 1 is 1.19 bits per heavy atom. The van der Waals surface area contributed by atoms with Crippen molar-refractivity contribution >= 4 is 34.3 Å². The van der Waals surface area contributed by atoms with Crippen LogP contribution in [0.2, 0.25) is 0 Å². The van der Waals surface area contributed by atoms with Gasteiger partial charge in [-0.2, -0.15) is 0 Å². The van der Waals surface area contributed by atoms with Crippen LogP contribution in [0, 0.1) is 0 Å². The van der Waals surface area contributed by atoms with Crippen LogP contribution in [-0.4, -0.2) is 20.7 Å². The van der Waals surface area contributed by atoms with Crippen molar-refractivity contribution in [1.82, 2.24) is 9.55 Å². The Kier molecular flexibility index (Phi) is 5.42. The largest absolute Gasteiger partial charge is 0.325 e. The topological polar surface area (TPSA) is 64.0 Å². The zero-order valence-electron chi connectivity index (χ0n) is 15.0. The highest BCUT2D eigenvalue weighted by Crippen LogP contribution is 2.23. The molecule has 1 heterocycles. The van der Waals surface area contributed by atoms with Gasteiger partial charge in [-0.25, -0.2) is 4.98 Å². The molecule has 1 aromatic heterocycles. The molecule has 3 rings (SSSR count). The number of fused-ring (bicyclic) bond motifs is 1. The number of para-hydroxylation sites is 1. The van der Waals surface area contributed by atoms with E-state index in [2.05, 4.69) is 17.2 Å². The predicted molar refractivity (Wildman–Crippen MR) is 107 cm³/mol. The van der Waals surface area contributed by atoms with Crippen molar-refractivity contribution in [2.45, 2.75) is 30.7 Å². The summed E-state index contributed by atoms with van der Waals surface area (Å²) in [6, 6.07) is 15.0. The first-order valence-electron chi connectivity index (χ1n) is 8.52. The molecule has 6 heteroatoms. The quantitative estimate of drug-likeness (QED) is 0.553. The molecule has 1 atom stereocenters. The molecule has 0 saturated heterocycles. The average Bonchev–Trinajstić information content (AvgIpc) is 2.66. The first-order chi connectivity index (χ1) is 12.5. The molecule has 5 nitrogen and oxygen atoms in total. The minimum atomic E-state index is -0.389. The van der Waals surface area contributed by atoms with Crippen molar-refractivity contribution in [1.29, 1.82) is 0 Å². The van der Waals surface area contributed by atoms with Gasteiger partial charge in [-0.3, -0.25) is 14.2 Å². The zero-order chi connectivity index (χ0) is 18.7. The maximum absolute atomic E-state index is 12.5. The molecule has 0 spiro atoms. The fourth-order valence-corrected chi connectivity index (χ4v) is 3.46. The number of hydrogen-bond acceptors (Lipinski definition) is 4. The minimum Gasteiger partial charge on any atom is -0.325 e. The summed E-state index contributed by atoms with van der Waals surface area (Å²) in [6.07, 6.45) is 0.960. The smallest absolute Gasteiger partial charge is 0.261 e. The summed E-state index contributed by atoms with van der Waals surface area (Å²) in [5.74, 6) is -0.123. The van der Waals surface area contributed by atoms with E-state index in [1.165, 1.54) is 21.9 Å². The van der Waals surface area contributed by atoms with Crippen LogP contribution in [0.5, 0.6) is 0 Å². The number of aryl methyl sites for hydroxylation is 1. The zero-order valence-corrected chi connectivity index (χ0v) is 15.8. The molecule has 0 fully saturated rings. The molecule has 0 aliphatic rings. The third-order valence-corrected chi connectivity index (χ3v) is 5.37. The Morgan fingerprint density at radius 2 is 1.88 bits per heavy atom. The van der Waals surface area contributed by atoms with Crippen LogP contribution >= 0.6 is 11.8 Å². The summed E-state index contributed by atoms with van der Waals surface area (Å²) < 4.78 is 1.49. The van der Waals surface area contributed by atoms with Crippen LogP contribution in [-0.2, 0) is 18.3 Å². The van der Waals surface area contributed by atoms with Gasteiger partial charge in [0.1, 0.15) is 0 Å². The van der Waals surface area contributed by atoms with Gasteiger partial charge >= 0.3 is 0 Å². The third-order valence-electron chi connectivity index (χ3n) is 4.22. The number of aromatic nitrogens is 2. The lowest BCUT2D eigenvalue weighted by Gasteiger charge is -2.14. The number of anilines is 1. The van der Waals surface area contributed by atoms with Gasteiger partial charge in [0.15, 0.2) is 5.16 Å². The number of thioether (sulfide) groups is 1. The van der Waals surface area contributed by atoms with Gasteiger partial charge in [0.25, 0.3) is 5.56 Å². The fraction of sp³-hybridized carbons (Fsp3) is 0.250. The molecular formula is C20H21N3O2S. The lowest BCUT2D eigenvalue weighted by molar-refractivity contribution is -0.115. The number of benzene rings is 2. The van der Waals surface area contributed by atoms with Gasteiger partial charge < -0.3 is 5.32 Å². The second kappa shape index (κ2) is 7.74. The van der Waals surface area contributed by atoms with E-state index in [0.29, 0.717) is 16.1 Å². The van der Waals surface area contributed by atoms with Crippen molar-refractivity contribution in [3.63, 3.8) is 0 Å². The lowest BCUT2D eigenvalue weighted by atomic mass is 10.1. The Bertz CT molecular complexity index is 996. The van der Waals surface area contributed by atoms with E-state index < -0.39 is 0 Å². The summed E-state index contributed by atoms with van der Waals surface area (Å²) in [5, 5.41) is 3.62. The van der Waals surface area contributed by atoms with Gasteiger partial charge in [0, 0.05) is 12.7 Å². The lowest BCUT2D eigenvalue weighted by Crippen LogP contribution is -2.25. The number of hydrogen-bond donors (Lipinski definition) is 1. The van der Waals surface area contributed by atoms with E-state index in [-0.39, 0.29) is 16.7 Å². The van der Waals surface area contributed by atoms with E-state index >= 15 is 0 Å². The van der Waals surface area contributed by atoms with Crippen LogP contribution in [0.15, 0.2) is 58.5 Å². The van der Waals surface area contributed by atoms with Crippen molar-refractivity contribution in [3.05, 3.63) is 64.4 Å². The van der Waals surface area contributed by atoms with Crippen molar-refractivity contribution in [2.24, 2.45) is 7.05 Å². The first-order valence-corrected chi connectivity index (χ1v) is 9.39. The Hall–Kier alpha value is -2.60. The summed E-state index contributed by atoms with van der Waals surface area (Å²) in [5.41, 5.74) is 2.52. The molecule has 1 amide bonds. The van der Waals surface area contributed by atoms with Crippen molar-refractivity contribution in [2.75, 3.05) is 5.32 Å². The fourth-order valence-electron chi connectivity index (χ4n) is 2.58. The molecular weight excluding hydrogens is 346 g/mol. The van der Waals surface area contributed by atoms with Gasteiger partial charge in [-0.1, -0.05) is 43.0 Å². The molecule has 0 aliphatic carbocycles. The van der Waals surface area contributed by atoms with Crippen LogP contribution in [0.3, 0.4) is 0 Å². The standard InChI is InChI=1S/C20H21N3O2S/c1-4-14-9-11-15(12-10-14)21-18(24)13(2)26-20-22-17-8-6-5-7-16(17)19(25)23(20)3/h5-13H,4H2,1-3H3,(H,21,24)/t13-/m0/s1. The summed E-state index contributed by atoms with van der Waals surface area (Å²) >= 11 is 1.27. The molecule has 3 aromatic rings. The highest BCUT2D eigenvalue weighted by atomic mass is 32.2. The molecule has 26 heavy (non-hydrogen) atoms. The second-order valence-corrected chi connectivity index (χ2v) is 7.38. The molecule has 0 saturated carbocycles. The van der Waals surface area contributed by atoms with Crippen LogP contribution in [0.25, 0.3) is 10.9 Å². The van der Waals surface area contributed by atoms with E-state index in [9.17, 15) is 9.59 Å². The SMILES string of the molecule is CCc1ccc(NC(=O)[C@H](C)Sc2nc3ccccc3c(=O)n2C)cc1. The number of rotatable bonds is 5. The monoisotopic (exact) mass is 367 g/mol. The number of carbonyl (C=O) groups excluding carboxylic acids is 1. The highest BCUT2D eigenvalue weighted by Gasteiger charge is 2.18. The molecule has 0 radical (unpaired) electrons. The van der Waals surface area contributed by atoms with Gasteiger partial charge in [-0.15, -0.1) is 0 Å². The Balaban J connectivity index is 1.77. The molecule has 134 valence electrons. The highest BCUT2D eigenvalue weighted by molar-refractivity contribution is 8.00. The third kappa shape index (κ3) is 3.80. The summed E-state index contributed by atoms with van der Waals surface area (Å²) in [6.45, 7) is 3.90. The van der Waals surface area contributed by atoms with E-state index in [4.69, 9.17) is 0 Å². The average molecular weight is 367 g/mol. The maximum Gasteiger partial charge on any atom is 0.261 e. The van der Waals surface area contributed by atoms with Gasteiger partial charge in [-0.05, 0) is 43.2 Å². The van der Waals surface area contributed by atoms with Crippen LogP contribution < -0.4 is 10.9 Å². The number of nitrogens with one attached hydrogen (secondary N) is 1. The van der Waals surface area contributed by atoms with E-state index in [1.54, 1.807) is 19.2 Å². The Labute approximate surface area is 156 Å². The van der Waals surface area contributed by atoms with Crippen LogP contribution in [0.1, 0.15) is 19.4 Å². The second-order valence-electron chi connectivity index (χ2n) is 6.08. The number of nitrogens with zero attached hydrogens (tertiary/aromatic N) is 2. The van der Waals surface area contributed by atoms with E-state index in [1.807, 2.05) is 43.3 Å². The number of carbonyl (C=O) groups is 1. The van der Waals surface area contributed by atoms with Crippen molar-refractivity contribution < 1.29 is 4.79 Å². The van der Waals surface area contributed by atoms with Gasteiger partial charge in [0.2, 0.25) is 5.91 Å². The normalized spacial score (nSPS) is 12.1. The number of amides is 1. The molecule has 2 aromatic carbocycles. The van der Waals surface area contributed by atoms with Crippen molar-refractivity contribution in [3.8, 4) is 0 Å². The molecule has 0 bridgehead atoms. The van der Waals surface area contributed by atoms with Crippen LogP contribution in [0.4, 0.5) is 5.69 Å². The Morgan fingerprint density at radius 3 is 2.58 bits per heavy atom. The van der Waals surface area contributed by atoms with Gasteiger partial charge in [0.05, 0.1) is 16.2 Å². The van der Waals surface area contributed by atoms with E-state index in [0.717, 1.165) is 12.1 Å². The first kappa shape index (κ1) is 18.2. The molecule has 0 aliphatic heterocycles.